The van der Waals surface area contributed by atoms with E-state index in [4.69, 9.17) is 4.74 Å². The van der Waals surface area contributed by atoms with Crippen LogP contribution in [0.15, 0.2) is 47.4 Å². The molecule has 2 rings (SSSR count). The summed E-state index contributed by atoms with van der Waals surface area (Å²) in [5, 5.41) is 10.8. The molecule has 0 radical (unpaired) electrons. The van der Waals surface area contributed by atoms with Crippen LogP contribution in [-0.2, 0) is 23.1 Å². The smallest absolute Gasteiger partial charge is 0.273 e. The molecule has 0 amide bonds. The van der Waals surface area contributed by atoms with Crippen LogP contribution in [0.4, 0.5) is 5.69 Å². The van der Waals surface area contributed by atoms with Crippen molar-refractivity contribution in [3.8, 4) is 5.75 Å². The van der Waals surface area contributed by atoms with Crippen LogP contribution in [0.2, 0.25) is 0 Å². The van der Waals surface area contributed by atoms with Crippen LogP contribution < -0.4 is 9.46 Å². The lowest BCUT2D eigenvalue weighted by atomic mass is 10.1. The number of rotatable bonds is 8. The lowest BCUT2D eigenvalue weighted by Crippen LogP contribution is -2.25. The zero-order valence-electron chi connectivity index (χ0n) is 14.8. The number of ether oxygens (including phenoxy) is 1. The van der Waals surface area contributed by atoms with Gasteiger partial charge in [-0.05, 0) is 31.3 Å². The van der Waals surface area contributed by atoms with E-state index in [1.54, 1.807) is 0 Å². The van der Waals surface area contributed by atoms with Gasteiger partial charge in [0.1, 0.15) is 10.6 Å². The summed E-state index contributed by atoms with van der Waals surface area (Å²) in [5.74, 6) is -0.0757. The zero-order valence-corrected chi connectivity index (χ0v) is 15.6. The Bertz CT molecular complexity index is 897. The van der Waals surface area contributed by atoms with Gasteiger partial charge in [-0.2, -0.15) is 0 Å². The quantitative estimate of drug-likeness (QED) is 0.557. The van der Waals surface area contributed by atoms with Gasteiger partial charge in [-0.15, -0.1) is 0 Å². The minimum absolute atomic E-state index is 0.0757. The van der Waals surface area contributed by atoms with E-state index in [2.05, 4.69) is 4.72 Å². The van der Waals surface area contributed by atoms with Crippen LogP contribution in [-0.4, -0.2) is 39.4 Å². The van der Waals surface area contributed by atoms with Crippen molar-refractivity contribution in [1.82, 2.24) is 9.62 Å². The molecule has 2 aromatic carbocycles. The van der Waals surface area contributed by atoms with Gasteiger partial charge in [-0.1, -0.05) is 24.3 Å². The molecule has 0 spiro atoms. The highest BCUT2D eigenvalue weighted by Crippen LogP contribution is 2.28. The van der Waals surface area contributed by atoms with E-state index in [9.17, 15) is 18.5 Å². The number of methoxy groups -OCH3 is 1. The van der Waals surface area contributed by atoms with E-state index in [1.165, 1.54) is 13.2 Å². The van der Waals surface area contributed by atoms with Gasteiger partial charge >= 0.3 is 0 Å². The summed E-state index contributed by atoms with van der Waals surface area (Å²) in [5.41, 5.74) is 1.62. The molecule has 0 bridgehead atoms. The van der Waals surface area contributed by atoms with Crippen molar-refractivity contribution in [3.05, 3.63) is 63.7 Å². The Hall–Kier alpha value is -2.49. The standard InChI is InChI=1S/C17H21N3O5S/c1-19(2)12-14-7-5-4-6-13(14)11-18-26(23,24)17-9-8-15(20(21)22)10-16(17)25-3/h4-10,18H,11-12H2,1-3H3. The van der Waals surface area contributed by atoms with Crippen LogP contribution in [0.5, 0.6) is 5.75 Å². The first-order chi connectivity index (χ1) is 12.2. The Morgan fingerprint density at radius 3 is 2.38 bits per heavy atom. The summed E-state index contributed by atoms with van der Waals surface area (Å²) in [6.45, 7) is 0.783. The molecular weight excluding hydrogens is 358 g/mol. The fourth-order valence-electron chi connectivity index (χ4n) is 2.47. The Morgan fingerprint density at radius 2 is 1.81 bits per heavy atom. The van der Waals surface area contributed by atoms with Crippen molar-refractivity contribution in [2.24, 2.45) is 0 Å². The molecule has 0 saturated carbocycles. The molecule has 1 N–H and O–H groups in total. The topological polar surface area (TPSA) is 102 Å². The highest BCUT2D eigenvalue weighted by atomic mass is 32.2. The van der Waals surface area contributed by atoms with Gasteiger partial charge in [0.2, 0.25) is 10.0 Å². The summed E-state index contributed by atoms with van der Waals surface area (Å²) in [7, 11) is 1.23. The number of hydrogen-bond donors (Lipinski definition) is 1. The largest absolute Gasteiger partial charge is 0.495 e. The van der Waals surface area contributed by atoms with Crippen molar-refractivity contribution in [2.75, 3.05) is 21.2 Å². The number of sulfonamides is 1. The SMILES string of the molecule is COc1cc([N+](=O)[O-])ccc1S(=O)(=O)NCc1ccccc1CN(C)C. The average Bonchev–Trinajstić information content (AvgIpc) is 2.60. The highest BCUT2D eigenvalue weighted by Gasteiger charge is 2.22. The van der Waals surface area contributed by atoms with E-state index >= 15 is 0 Å². The first kappa shape index (κ1) is 19.8. The summed E-state index contributed by atoms with van der Waals surface area (Å²) in [6.07, 6.45) is 0. The number of hydrogen-bond acceptors (Lipinski definition) is 6. The first-order valence-corrected chi connectivity index (χ1v) is 9.26. The van der Waals surface area contributed by atoms with Crippen LogP contribution in [0.25, 0.3) is 0 Å². The van der Waals surface area contributed by atoms with E-state index in [0.717, 1.165) is 23.3 Å². The van der Waals surface area contributed by atoms with Gasteiger partial charge in [0, 0.05) is 19.2 Å². The minimum Gasteiger partial charge on any atom is -0.495 e. The van der Waals surface area contributed by atoms with Crippen LogP contribution >= 0.6 is 0 Å². The fourth-order valence-corrected chi connectivity index (χ4v) is 3.62. The molecule has 0 saturated heterocycles. The predicted octanol–water partition coefficient (Wildman–Crippen LogP) is 2.14. The third-order valence-electron chi connectivity index (χ3n) is 3.71. The Balaban J connectivity index is 2.26. The molecule has 0 atom stereocenters. The van der Waals surface area contributed by atoms with Gasteiger partial charge in [-0.25, -0.2) is 13.1 Å². The van der Waals surface area contributed by atoms with Crippen LogP contribution in [0.1, 0.15) is 11.1 Å². The van der Waals surface area contributed by atoms with Gasteiger partial charge < -0.3 is 9.64 Å². The molecule has 8 nitrogen and oxygen atoms in total. The third kappa shape index (κ3) is 4.78. The van der Waals surface area contributed by atoms with E-state index in [-0.39, 0.29) is 22.9 Å². The summed E-state index contributed by atoms with van der Waals surface area (Å²) < 4.78 is 32.8. The molecule has 0 aliphatic carbocycles. The maximum absolute atomic E-state index is 12.6. The number of nitro groups is 1. The highest BCUT2D eigenvalue weighted by molar-refractivity contribution is 7.89. The van der Waals surface area contributed by atoms with Crippen molar-refractivity contribution in [3.63, 3.8) is 0 Å². The summed E-state index contributed by atoms with van der Waals surface area (Å²) >= 11 is 0. The fraction of sp³-hybridized carbons (Fsp3) is 0.294. The Labute approximate surface area is 152 Å². The molecule has 0 heterocycles. The van der Waals surface area contributed by atoms with E-state index < -0.39 is 14.9 Å². The average molecular weight is 379 g/mol. The Morgan fingerprint density at radius 1 is 1.15 bits per heavy atom. The van der Waals surface area contributed by atoms with E-state index in [0.29, 0.717) is 6.54 Å². The molecule has 0 aliphatic rings. The molecule has 0 aromatic heterocycles. The maximum atomic E-state index is 12.6. The zero-order chi connectivity index (χ0) is 19.3. The number of nitrogens with zero attached hydrogens (tertiary/aromatic N) is 2. The van der Waals surface area contributed by atoms with Gasteiger partial charge in [0.15, 0.2) is 0 Å². The molecular formula is C17H21N3O5S. The van der Waals surface area contributed by atoms with Crippen LogP contribution in [0.3, 0.4) is 0 Å². The van der Waals surface area contributed by atoms with E-state index in [1.807, 2.05) is 43.3 Å². The van der Waals surface area contributed by atoms with Gasteiger partial charge in [-0.3, -0.25) is 10.1 Å². The van der Waals surface area contributed by atoms with Crippen molar-refractivity contribution < 1.29 is 18.1 Å². The number of benzene rings is 2. The predicted molar refractivity (Wildman–Crippen MR) is 97.5 cm³/mol. The molecule has 9 heteroatoms. The maximum Gasteiger partial charge on any atom is 0.273 e. The monoisotopic (exact) mass is 379 g/mol. The van der Waals surface area contributed by atoms with Crippen molar-refractivity contribution in [1.29, 1.82) is 0 Å². The first-order valence-electron chi connectivity index (χ1n) is 7.78. The van der Waals surface area contributed by atoms with Crippen molar-refractivity contribution >= 4 is 15.7 Å². The molecule has 140 valence electrons. The van der Waals surface area contributed by atoms with Crippen molar-refractivity contribution in [2.45, 2.75) is 18.0 Å². The normalized spacial score (nSPS) is 11.5. The molecule has 26 heavy (non-hydrogen) atoms. The molecule has 0 aliphatic heterocycles. The molecule has 2 aromatic rings. The number of nitrogens with one attached hydrogen (secondary N) is 1. The minimum atomic E-state index is -3.90. The van der Waals surface area contributed by atoms with Crippen LogP contribution in [0, 0.1) is 10.1 Å². The molecule has 0 fully saturated rings. The third-order valence-corrected chi connectivity index (χ3v) is 5.15. The second kappa shape index (κ2) is 8.26. The Kier molecular flexibility index (Phi) is 6.30. The van der Waals surface area contributed by atoms with Gasteiger partial charge in [0.25, 0.3) is 5.69 Å². The number of non-ortho nitro benzene ring substituents is 1. The van der Waals surface area contributed by atoms with Gasteiger partial charge in [0.05, 0.1) is 18.1 Å². The lowest BCUT2D eigenvalue weighted by molar-refractivity contribution is -0.385. The summed E-state index contributed by atoms with van der Waals surface area (Å²) in [6, 6.07) is 10.9. The summed E-state index contributed by atoms with van der Waals surface area (Å²) in [4.78, 5) is 12.1. The second-order valence-electron chi connectivity index (χ2n) is 5.92. The lowest BCUT2D eigenvalue weighted by Gasteiger charge is -2.15. The molecule has 0 unspecified atom stereocenters. The second-order valence-corrected chi connectivity index (χ2v) is 7.66. The number of nitro benzene ring substituents is 1.